The van der Waals surface area contributed by atoms with Gasteiger partial charge in [-0.25, -0.2) is 4.39 Å². The van der Waals surface area contributed by atoms with E-state index in [0.717, 1.165) is 25.9 Å². The summed E-state index contributed by atoms with van der Waals surface area (Å²) in [6.45, 7) is 1.44. The highest BCUT2D eigenvalue weighted by molar-refractivity contribution is 5.94. The van der Waals surface area contributed by atoms with Gasteiger partial charge in [0.2, 0.25) is 0 Å². The van der Waals surface area contributed by atoms with Gasteiger partial charge in [-0.3, -0.25) is 4.79 Å². The average Bonchev–Trinajstić information content (AvgIpc) is 2.84. The van der Waals surface area contributed by atoms with Gasteiger partial charge in [-0.05, 0) is 37.8 Å². The number of amides is 1. The lowest BCUT2D eigenvalue weighted by Crippen LogP contribution is -2.47. The van der Waals surface area contributed by atoms with Crippen LogP contribution in [-0.4, -0.2) is 36.0 Å². The first-order valence-corrected chi connectivity index (χ1v) is 9.04. The van der Waals surface area contributed by atoms with E-state index in [-0.39, 0.29) is 11.5 Å². The highest BCUT2D eigenvalue weighted by Crippen LogP contribution is 2.21. The number of halogens is 1. The minimum Gasteiger partial charge on any atom is -0.338 e. The molecular weight excluding hydrogens is 291 g/mol. The molecule has 1 heterocycles. The molecule has 1 saturated carbocycles. The van der Waals surface area contributed by atoms with Gasteiger partial charge in [0.15, 0.2) is 0 Å². The number of hydrogen-bond acceptors (Lipinski definition) is 2. The predicted molar refractivity (Wildman–Crippen MR) is 90.0 cm³/mol. The molecule has 3 rings (SSSR count). The lowest BCUT2D eigenvalue weighted by atomic mass is 10.0. The summed E-state index contributed by atoms with van der Waals surface area (Å²) in [5.41, 5.74) is 0.197. The van der Waals surface area contributed by atoms with E-state index in [4.69, 9.17) is 0 Å². The summed E-state index contributed by atoms with van der Waals surface area (Å²) < 4.78 is 13.8. The van der Waals surface area contributed by atoms with Crippen LogP contribution in [0.4, 0.5) is 4.39 Å². The Bertz CT molecular complexity index is 518. The fourth-order valence-electron chi connectivity index (χ4n) is 3.83. The molecule has 0 bridgehead atoms. The number of piperidine rings is 1. The maximum Gasteiger partial charge on any atom is 0.256 e. The molecule has 1 aliphatic heterocycles. The Morgan fingerprint density at radius 3 is 2.22 bits per heavy atom. The van der Waals surface area contributed by atoms with Gasteiger partial charge in [-0.1, -0.05) is 37.8 Å². The molecule has 2 fully saturated rings. The number of hydrogen-bond donors (Lipinski definition) is 1. The highest BCUT2D eigenvalue weighted by atomic mass is 19.1. The zero-order valence-electron chi connectivity index (χ0n) is 13.8. The summed E-state index contributed by atoms with van der Waals surface area (Å²) in [6, 6.07) is 7.42. The van der Waals surface area contributed by atoms with Gasteiger partial charge >= 0.3 is 0 Å². The standard InChI is InChI=1S/C19H27FN2O/c20-18-10-6-5-9-17(18)19(23)22-13-11-16(12-14-22)21-15-7-3-1-2-4-8-15/h5-6,9-10,15-16,21H,1-4,7-8,11-14H2. The SMILES string of the molecule is O=C(c1ccccc1F)N1CCC(NC2CCCCCC2)CC1. The highest BCUT2D eigenvalue weighted by Gasteiger charge is 2.26. The Morgan fingerprint density at radius 1 is 0.957 bits per heavy atom. The van der Waals surface area contributed by atoms with E-state index in [1.165, 1.54) is 44.6 Å². The van der Waals surface area contributed by atoms with Crippen LogP contribution in [0.1, 0.15) is 61.7 Å². The quantitative estimate of drug-likeness (QED) is 0.861. The first-order valence-electron chi connectivity index (χ1n) is 9.04. The smallest absolute Gasteiger partial charge is 0.256 e. The van der Waals surface area contributed by atoms with Crippen LogP contribution in [0.25, 0.3) is 0 Å². The van der Waals surface area contributed by atoms with Crippen molar-refractivity contribution >= 4 is 5.91 Å². The number of nitrogens with zero attached hydrogens (tertiary/aromatic N) is 1. The molecule has 1 saturated heterocycles. The van der Waals surface area contributed by atoms with Crippen molar-refractivity contribution in [1.29, 1.82) is 0 Å². The number of benzene rings is 1. The molecule has 23 heavy (non-hydrogen) atoms. The Morgan fingerprint density at radius 2 is 1.57 bits per heavy atom. The van der Waals surface area contributed by atoms with E-state index in [1.54, 1.807) is 23.1 Å². The van der Waals surface area contributed by atoms with E-state index < -0.39 is 5.82 Å². The zero-order valence-corrected chi connectivity index (χ0v) is 13.8. The second kappa shape index (κ2) is 7.91. The molecule has 0 spiro atoms. The van der Waals surface area contributed by atoms with Gasteiger partial charge in [0.05, 0.1) is 5.56 Å². The average molecular weight is 318 g/mol. The van der Waals surface area contributed by atoms with Crippen LogP contribution in [0, 0.1) is 5.82 Å². The number of nitrogens with one attached hydrogen (secondary N) is 1. The van der Waals surface area contributed by atoms with Gasteiger partial charge in [0.1, 0.15) is 5.82 Å². The first kappa shape index (κ1) is 16.4. The molecule has 0 radical (unpaired) electrons. The molecule has 126 valence electrons. The second-order valence-electron chi connectivity index (χ2n) is 6.90. The number of carbonyl (C=O) groups is 1. The van der Waals surface area contributed by atoms with Crippen LogP contribution >= 0.6 is 0 Å². The van der Waals surface area contributed by atoms with E-state index in [2.05, 4.69) is 5.32 Å². The van der Waals surface area contributed by atoms with E-state index in [9.17, 15) is 9.18 Å². The van der Waals surface area contributed by atoms with Crippen molar-refractivity contribution in [2.75, 3.05) is 13.1 Å². The van der Waals surface area contributed by atoms with Crippen molar-refractivity contribution in [3.8, 4) is 0 Å². The third kappa shape index (κ3) is 4.31. The normalized spacial score (nSPS) is 21.2. The Kier molecular flexibility index (Phi) is 5.65. The number of rotatable bonds is 3. The summed E-state index contributed by atoms with van der Waals surface area (Å²) in [5, 5.41) is 3.80. The van der Waals surface area contributed by atoms with Crippen molar-refractivity contribution in [1.82, 2.24) is 10.2 Å². The summed E-state index contributed by atoms with van der Waals surface area (Å²) in [5.74, 6) is -0.591. The van der Waals surface area contributed by atoms with Gasteiger partial charge < -0.3 is 10.2 Å². The monoisotopic (exact) mass is 318 g/mol. The molecule has 1 amide bonds. The van der Waals surface area contributed by atoms with E-state index in [1.807, 2.05) is 0 Å². The van der Waals surface area contributed by atoms with Gasteiger partial charge in [-0.15, -0.1) is 0 Å². The summed E-state index contributed by atoms with van der Waals surface area (Å²) >= 11 is 0. The third-order valence-electron chi connectivity index (χ3n) is 5.21. The number of carbonyl (C=O) groups excluding carboxylic acids is 1. The molecule has 4 heteroatoms. The molecular formula is C19H27FN2O. The molecule has 2 aliphatic rings. The van der Waals surface area contributed by atoms with Crippen molar-refractivity contribution in [3.63, 3.8) is 0 Å². The molecule has 1 aromatic rings. The lowest BCUT2D eigenvalue weighted by molar-refractivity contribution is 0.0696. The Balaban J connectivity index is 1.50. The third-order valence-corrected chi connectivity index (χ3v) is 5.21. The van der Waals surface area contributed by atoms with Crippen LogP contribution in [0.3, 0.4) is 0 Å². The van der Waals surface area contributed by atoms with Gasteiger partial charge in [-0.2, -0.15) is 0 Å². The zero-order chi connectivity index (χ0) is 16.1. The molecule has 1 aromatic carbocycles. The predicted octanol–water partition coefficient (Wildman–Crippen LogP) is 3.74. The van der Waals surface area contributed by atoms with Crippen molar-refractivity contribution in [2.24, 2.45) is 0 Å². The number of likely N-dealkylation sites (tertiary alicyclic amines) is 1. The first-order chi connectivity index (χ1) is 11.2. The van der Waals surface area contributed by atoms with Gasteiger partial charge in [0, 0.05) is 25.2 Å². The van der Waals surface area contributed by atoms with E-state index >= 15 is 0 Å². The molecule has 0 atom stereocenters. The van der Waals surface area contributed by atoms with Crippen molar-refractivity contribution in [2.45, 2.75) is 63.5 Å². The minimum atomic E-state index is -0.420. The maximum absolute atomic E-state index is 13.8. The van der Waals surface area contributed by atoms with Crippen molar-refractivity contribution < 1.29 is 9.18 Å². The summed E-state index contributed by atoms with van der Waals surface area (Å²) in [4.78, 5) is 14.2. The molecule has 0 unspecified atom stereocenters. The second-order valence-corrected chi connectivity index (χ2v) is 6.90. The molecule has 3 nitrogen and oxygen atoms in total. The minimum absolute atomic E-state index is 0.170. The maximum atomic E-state index is 13.8. The van der Waals surface area contributed by atoms with Crippen LogP contribution in [-0.2, 0) is 0 Å². The summed E-state index contributed by atoms with van der Waals surface area (Å²) in [7, 11) is 0. The Labute approximate surface area is 138 Å². The summed E-state index contributed by atoms with van der Waals surface area (Å²) in [6.07, 6.45) is 9.92. The molecule has 1 N–H and O–H groups in total. The van der Waals surface area contributed by atoms with Gasteiger partial charge in [0.25, 0.3) is 5.91 Å². The largest absolute Gasteiger partial charge is 0.338 e. The van der Waals surface area contributed by atoms with Crippen LogP contribution in [0.5, 0.6) is 0 Å². The Hall–Kier alpha value is -1.42. The van der Waals surface area contributed by atoms with Crippen LogP contribution < -0.4 is 5.32 Å². The molecule has 0 aromatic heterocycles. The lowest BCUT2D eigenvalue weighted by Gasteiger charge is -2.34. The topological polar surface area (TPSA) is 32.3 Å². The van der Waals surface area contributed by atoms with Crippen molar-refractivity contribution in [3.05, 3.63) is 35.6 Å². The molecule has 1 aliphatic carbocycles. The van der Waals surface area contributed by atoms with Crippen LogP contribution in [0.2, 0.25) is 0 Å². The fourth-order valence-corrected chi connectivity index (χ4v) is 3.83. The van der Waals surface area contributed by atoms with E-state index in [0.29, 0.717) is 12.1 Å². The fraction of sp³-hybridized carbons (Fsp3) is 0.632. The van der Waals surface area contributed by atoms with Crippen LogP contribution in [0.15, 0.2) is 24.3 Å².